The number of halogens is 1. The molecule has 0 amide bonds. The molecule has 2 aromatic carbocycles. The van der Waals surface area contributed by atoms with E-state index in [9.17, 15) is 4.39 Å². The molecule has 0 saturated carbocycles. The van der Waals surface area contributed by atoms with Crippen LogP contribution in [0.3, 0.4) is 0 Å². The summed E-state index contributed by atoms with van der Waals surface area (Å²) < 4.78 is 12.9. The van der Waals surface area contributed by atoms with E-state index in [1.54, 1.807) is 23.5 Å². The van der Waals surface area contributed by atoms with Crippen molar-refractivity contribution in [2.24, 2.45) is 5.73 Å². The largest absolute Gasteiger partial charge is 0.325 e. The summed E-state index contributed by atoms with van der Waals surface area (Å²) in [5.41, 5.74) is 8.92. The highest BCUT2D eigenvalue weighted by atomic mass is 32.1. The van der Waals surface area contributed by atoms with Crippen LogP contribution in [0.5, 0.6) is 0 Å². The maximum absolute atomic E-state index is 12.9. The Labute approximate surface area is 127 Å². The third-order valence-electron chi connectivity index (χ3n) is 3.24. The standard InChI is InChI=1S/C17H15FN2S/c18-14-8-6-12(7-9-14)10-16-20-15(11-19)17(21-16)13-4-2-1-3-5-13/h1-9H,10-11,19H2. The Bertz CT molecular complexity index is 720. The Morgan fingerprint density at radius 2 is 1.71 bits per heavy atom. The number of hydrogen-bond donors (Lipinski definition) is 1. The van der Waals surface area contributed by atoms with Crippen LogP contribution in [0, 0.1) is 5.82 Å². The molecule has 1 aromatic heterocycles. The summed E-state index contributed by atoms with van der Waals surface area (Å²) in [5.74, 6) is -0.217. The summed E-state index contributed by atoms with van der Waals surface area (Å²) in [6, 6.07) is 16.7. The van der Waals surface area contributed by atoms with Gasteiger partial charge in [0.2, 0.25) is 0 Å². The Morgan fingerprint density at radius 3 is 2.38 bits per heavy atom. The molecule has 0 radical (unpaired) electrons. The Kier molecular flexibility index (Phi) is 4.08. The minimum atomic E-state index is -0.217. The van der Waals surface area contributed by atoms with Gasteiger partial charge in [-0.05, 0) is 23.3 Å². The number of aromatic nitrogens is 1. The molecule has 106 valence electrons. The van der Waals surface area contributed by atoms with Gasteiger partial charge in [0, 0.05) is 13.0 Å². The fourth-order valence-corrected chi connectivity index (χ4v) is 3.34. The molecule has 0 fully saturated rings. The molecule has 0 saturated heterocycles. The van der Waals surface area contributed by atoms with Crippen molar-refractivity contribution in [1.29, 1.82) is 0 Å². The maximum Gasteiger partial charge on any atom is 0.123 e. The van der Waals surface area contributed by atoms with E-state index in [0.717, 1.165) is 26.7 Å². The van der Waals surface area contributed by atoms with Crippen molar-refractivity contribution < 1.29 is 4.39 Å². The summed E-state index contributed by atoms with van der Waals surface area (Å²) in [7, 11) is 0. The molecule has 3 aromatic rings. The van der Waals surface area contributed by atoms with Crippen LogP contribution in [-0.2, 0) is 13.0 Å². The monoisotopic (exact) mass is 298 g/mol. The van der Waals surface area contributed by atoms with Crippen LogP contribution < -0.4 is 5.73 Å². The fourth-order valence-electron chi connectivity index (χ4n) is 2.21. The summed E-state index contributed by atoms with van der Waals surface area (Å²) >= 11 is 1.65. The van der Waals surface area contributed by atoms with Crippen LogP contribution in [0.1, 0.15) is 16.3 Å². The van der Waals surface area contributed by atoms with E-state index in [0.29, 0.717) is 13.0 Å². The van der Waals surface area contributed by atoms with Gasteiger partial charge in [-0.3, -0.25) is 0 Å². The molecular weight excluding hydrogens is 283 g/mol. The van der Waals surface area contributed by atoms with E-state index >= 15 is 0 Å². The molecule has 0 spiro atoms. The molecule has 21 heavy (non-hydrogen) atoms. The van der Waals surface area contributed by atoms with Crippen LogP contribution in [0.15, 0.2) is 54.6 Å². The second-order valence-corrected chi connectivity index (χ2v) is 5.84. The van der Waals surface area contributed by atoms with Gasteiger partial charge in [-0.15, -0.1) is 11.3 Å². The SMILES string of the molecule is NCc1nc(Cc2ccc(F)cc2)sc1-c1ccccc1. The Morgan fingerprint density at radius 1 is 1.00 bits per heavy atom. The van der Waals surface area contributed by atoms with Gasteiger partial charge in [0.25, 0.3) is 0 Å². The minimum Gasteiger partial charge on any atom is -0.325 e. The van der Waals surface area contributed by atoms with Gasteiger partial charge in [-0.2, -0.15) is 0 Å². The van der Waals surface area contributed by atoms with Crippen molar-refractivity contribution in [3.63, 3.8) is 0 Å². The molecule has 0 atom stereocenters. The first-order valence-corrected chi connectivity index (χ1v) is 7.56. The Balaban J connectivity index is 1.91. The zero-order valence-electron chi connectivity index (χ0n) is 11.4. The van der Waals surface area contributed by atoms with Crippen LogP contribution in [0.2, 0.25) is 0 Å². The highest BCUT2D eigenvalue weighted by Crippen LogP contribution is 2.31. The van der Waals surface area contributed by atoms with Crippen molar-refractivity contribution in [2.45, 2.75) is 13.0 Å². The van der Waals surface area contributed by atoms with E-state index < -0.39 is 0 Å². The molecule has 0 aliphatic carbocycles. The summed E-state index contributed by atoms with van der Waals surface area (Å²) in [6.45, 7) is 0.421. The van der Waals surface area contributed by atoms with Gasteiger partial charge >= 0.3 is 0 Å². The van der Waals surface area contributed by atoms with E-state index in [1.165, 1.54) is 12.1 Å². The lowest BCUT2D eigenvalue weighted by molar-refractivity contribution is 0.627. The second-order valence-electron chi connectivity index (χ2n) is 4.76. The van der Waals surface area contributed by atoms with Crippen molar-refractivity contribution >= 4 is 11.3 Å². The number of hydrogen-bond acceptors (Lipinski definition) is 3. The lowest BCUT2D eigenvalue weighted by atomic mass is 10.1. The smallest absolute Gasteiger partial charge is 0.123 e. The topological polar surface area (TPSA) is 38.9 Å². The zero-order valence-corrected chi connectivity index (χ0v) is 12.2. The average molecular weight is 298 g/mol. The number of nitrogens with zero attached hydrogens (tertiary/aromatic N) is 1. The zero-order chi connectivity index (χ0) is 14.7. The van der Waals surface area contributed by atoms with Gasteiger partial charge in [0.15, 0.2) is 0 Å². The maximum atomic E-state index is 12.9. The number of benzene rings is 2. The van der Waals surface area contributed by atoms with Crippen molar-refractivity contribution in [3.05, 3.63) is 76.7 Å². The molecule has 0 unspecified atom stereocenters. The van der Waals surface area contributed by atoms with Gasteiger partial charge < -0.3 is 5.73 Å². The molecule has 2 nitrogen and oxygen atoms in total. The van der Waals surface area contributed by atoms with Gasteiger partial charge in [0.05, 0.1) is 15.6 Å². The number of thiazole rings is 1. The van der Waals surface area contributed by atoms with Crippen LogP contribution >= 0.6 is 11.3 Å². The van der Waals surface area contributed by atoms with Crippen molar-refractivity contribution in [1.82, 2.24) is 4.98 Å². The van der Waals surface area contributed by atoms with Crippen LogP contribution in [0.4, 0.5) is 4.39 Å². The summed E-state index contributed by atoms with van der Waals surface area (Å²) in [4.78, 5) is 5.74. The first-order valence-electron chi connectivity index (χ1n) is 6.75. The normalized spacial score (nSPS) is 10.8. The minimum absolute atomic E-state index is 0.217. The van der Waals surface area contributed by atoms with E-state index in [2.05, 4.69) is 17.1 Å². The van der Waals surface area contributed by atoms with Gasteiger partial charge in [-0.25, -0.2) is 9.37 Å². The number of rotatable bonds is 4. The Hall–Kier alpha value is -2.04. The molecule has 4 heteroatoms. The molecule has 2 N–H and O–H groups in total. The molecule has 3 rings (SSSR count). The molecular formula is C17H15FN2S. The summed E-state index contributed by atoms with van der Waals surface area (Å²) in [5, 5.41) is 1.00. The highest BCUT2D eigenvalue weighted by molar-refractivity contribution is 7.15. The molecule has 0 aliphatic heterocycles. The first-order chi connectivity index (χ1) is 10.3. The van der Waals surface area contributed by atoms with Gasteiger partial charge in [0.1, 0.15) is 5.82 Å². The number of nitrogens with two attached hydrogens (primary N) is 1. The molecule has 0 bridgehead atoms. The predicted octanol–water partition coefficient (Wildman–Crippen LogP) is 4.00. The molecule has 1 heterocycles. The highest BCUT2D eigenvalue weighted by Gasteiger charge is 2.12. The lowest BCUT2D eigenvalue weighted by Crippen LogP contribution is -1.98. The van der Waals surface area contributed by atoms with Crippen LogP contribution in [0.25, 0.3) is 10.4 Å². The van der Waals surface area contributed by atoms with Gasteiger partial charge in [-0.1, -0.05) is 42.5 Å². The third-order valence-corrected chi connectivity index (χ3v) is 4.39. The predicted molar refractivity (Wildman–Crippen MR) is 84.6 cm³/mol. The lowest BCUT2D eigenvalue weighted by Gasteiger charge is -1.98. The van der Waals surface area contributed by atoms with E-state index in [-0.39, 0.29) is 5.82 Å². The quantitative estimate of drug-likeness (QED) is 0.790. The van der Waals surface area contributed by atoms with Crippen molar-refractivity contribution in [2.75, 3.05) is 0 Å². The summed E-state index contributed by atoms with van der Waals surface area (Å²) in [6.07, 6.45) is 0.699. The van der Waals surface area contributed by atoms with Crippen LogP contribution in [-0.4, -0.2) is 4.98 Å². The van der Waals surface area contributed by atoms with Crippen molar-refractivity contribution in [3.8, 4) is 10.4 Å². The van der Waals surface area contributed by atoms with E-state index in [4.69, 9.17) is 5.73 Å². The fraction of sp³-hybridized carbons (Fsp3) is 0.118. The third kappa shape index (κ3) is 3.17. The molecule has 0 aliphatic rings. The van der Waals surface area contributed by atoms with E-state index in [1.807, 2.05) is 18.2 Å². The average Bonchev–Trinajstić information content (AvgIpc) is 2.93. The second kappa shape index (κ2) is 6.16. The first kappa shape index (κ1) is 13.9.